The topological polar surface area (TPSA) is 91.3 Å². The molecule has 1 amide bonds. The summed E-state index contributed by atoms with van der Waals surface area (Å²) in [6.45, 7) is 9.96. The van der Waals surface area contributed by atoms with Crippen molar-refractivity contribution < 1.29 is 14.7 Å². The summed E-state index contributed by atoms with van der Waals surface area (Å²) in [6, 6.07) is 7.56. The van der Waals surface area contributed by atoms with Crippen molar-refractivity contribution in [2.75, 3.05) is 7.05 Å². The molecule has 1 saturated carbocycles. The predicted molar refractivity (Wildman–Crippen MR) is 128 cm³/mol. The lowest BCUT2D eigenvalue weighted by atomic mass is 9.77. The third kappa shape index (κ3) is 5.27. The summed E-state index contributed by atoms with van der Waals surface area (Å²) >= 11 is 1.61. The Balaban J connectivity index is 1.70. The molecule has 3 rings (SSSR count). The van der Waals surface area contributed by atoms with Gasteiger partial charge in [0.1, 0.15) is 0 Å². The van der Waals surface area contributed by atoms with Crippen molar-refractivity contribution in [2.24, 2.45) is 17.3 Å². The molecule has 1 aromatic carbocycles. The number of nitrogens with one attached hydrogen (secondary N) is 2. The quantitative estimate of drug-likeness (QED) is 0.587. The fraction of sp³-hybridized carbons (Fsp3) is 0.560. The molecule has 174 valence electrons. The Labute approximate surface area is 194 Å². The number of aromatic nitrogens is 1. The Morgan fingerprint density at radius 3 is 2.31 bits per heavy atom. The van der Waals surface area contributed by atoms with Crippen LogP contribution in [-0.2, 0) is 9.59 Å². The number of Topliss-reactive ketones (excluding diaryl/α,β-unsaturated/α-hetero) is 1. The number of hydrogen-bond donors (Lipinski definition) is 3. The first kappa shape index (κ1) is 24.6. The highest BCUT2D eigenvalue weighted by molar-refractivity contribution is 7.13. The van der Waals surface area contributed by atoms with Crippen molar-refractivity contribution in [1.82, 2.24) is 15.6 Å². The van der Waals surface area contributed by atoms with Gasteiger partial charge in [-0.1, -0.05) is 45.0 Å². The molecule has 0 bridgehead atoms. The second-order valence-corrected chi connectivity index (χ2v) is 10.8. The highest BCUT2D eigenvalue weighted by atomic mass is 32.1. The molecular formula is C25H35N3O3S. The maximum absolute atomic E-state index is 13.3. The highest BCUT2D eigenvalue weighted by Crippen LogP contribution is 2.37. The summed E-state index contributed by atoms with van der Waals surface area (Å²) in [4.78, 5) is 31.9. The molecule has 32 heavy (non-hydrogen) atoms. The molecular weight excluding hydrogens is 422 g/mol. The first-order valence-electron chi connectivity index (χ1n) is 11.2. The number of aryl methyl sites for hydroxylation is 1. The van der Waals surface area contributed by atoms with Crippen molar-refractivity contribution in [3.63, 3.8) is 0 Å². The molecule has 1 aliphatic carbocycles. The lowest BCUT2D eigenvalue weighted by Crippen LogP contribution is -2.49. The molecule has 2 aromatic rings. The molecule has 1 heterocycles. The summed E-state index contributed by atoms with van der Waals surface area (Å²) in [5.74, 6) is -1.16. The molecule has 5 atom stereocenters. The molecule has 0 aliphatic heterocycles. The highest BCUT2D eigenvalue weighted by Gasteiger charge is 2.46. The minimum atomic E-state index is -0.630. The lowest BCUT2D eigenvalue weighted by molar-refractivity contribution is -0.135. The van der Waals surface area contributed by atoms with Crippen LogP contribution in [-0.4, -0.2) is 41.0 Å². The van der Waals surface area contributed by atoms with Crippen molar-refractivity contribution in [3.05, 3.63) is 41.0 Å². The van der Waals surface area contributed by atoms with Crippen LogP contribution in [0.5, 0.6) is 0 Å². The van der Waals surface area contributed by atoms with Crippen LogP contribution >= 0.6 is 11.3 Å². The van der Waals surface area contributed by atoms with Crippen LogP contribution in [0.25, 0.3) is 10.4 Å². The number of nitrogens with zero attached hydrogens (tertiary/aromatic N) is 1. The number of aliphatic hydroxyl groups excluding tert-OH is 1. The van der Waals surface area contributed by atoms with E-state index in [2.05, 4.69) is 15.6 Å². The molecule has 0 spiro atoms. The van der Waals surface area contributed by atoms with E-state index in [0.717, 1.165) is 21.7 Å². The molecule has 0 saturated heterocycles. The van der Waals surface area contributed by atoms with E-state index in [1.165, 1.54) is 0 Å². The van der Waals surface area contributed by atoms with Crippen LogP contribution in [0.1, 0.15) is 57.8 Å². The maximum atomic E-state index is 13.3. The van der Waals surface area contributed by atoms with Gasteiger partial charge in [-0.3, -0.25) is 9.59 Å². The number of ketones is 1. The summed E-state index contributed by atoms with van der Waals surface area (Å²) in [5, 5.41) is 16.4. The van der Waals surface area contributed by atoms with Crippen LogP contribution in [0.3, 0.4) is 0 Å². The molecule has 3 N–H and O–H groups in total. The van der Waals surface area contributed by atoms with E-state index in [-0.39, 0.29) is 29.2 Å². The van der Waals surface area contributed by atoms with E-state index in [0.29, 0.717) is 12.8 Å². The Bertz CT molecular complexity index is 948. The first-order chi connectivity index (χ1) is 15.0. The molecule has 1 aromatic heterocycles. The fourth-order valence-electron chi connectivity index (χ4n) is 4.74. The van der Waals surface area contributed by atoms with E-state index in [9.17, 15) is 14.7 Å². The number of carbonyl (C=O) groups excluding carboxylic acids is 2. The van der Waals surface area contributed by atoms with Gasteiger partial charge in [0.25, 0.3) is 0 Å². The Kier molecular flexibility index (Phi) is 7.53. The lowest BCUT2D eigenvalue weighted by Gasteiger charge is -2.32. The van der Waals surface area contributed by atoms with Crippen molar-refractivity contribution in [3.8, 4) is 10.4 Å². The van der Waals surface area contributed by atoms with Crippen molar-refractivity contribution in [1.29, 1.82) is 0 Å². The van der Waals surface area contributed by atoms with Crippen molar-refractivity contribution in [2.45, 2.75) is 65.6 Å². The normalized spacial score (nSPS) is 23.0. The zero-order chi connectivity index (χ0) is 23.6. The SMILES string of the molecule is CN[C@@H](C(=O)C1C[C@H](O)C[C@H]1C(=O)N[C@@H](C)c1ccc(-c2scnc2C)cc1)C(C)(C)C. The number of aliphatic hydroxyl groups is 1. The average Bonchev–Trinajstić information content (AvgIpc) is 3.33. The van der Waals surface area contributed by atoms with Gasteiger partial charge in [0, 0.05) is 5.92 Å². The van der Waals surface area contributed by atoms with Gasteiger partial charge in [0.2, 0.25) is 5.91 Å². The van der Waals surface area contributed by atoms with Crippen LogP contribution in [0.4, 0.5) is 0 Å². The van der Waals surface area contributed by atoms with Crippen LogP contribution in [0.15, 0.2) is 29.8 Å². The standard InChI is InChI=1S/C25H35N3O3S/c1-14(16-7-9-17(10-8-16)22-15(2)27-13-32-22)28-24(31)20-12-18(29)11-19(20)21(30)23(26-6)25(3,4)5/h7-10,13-14,18-20,23,26,29H,11-12H2,1-6H3,(H,28,31)/t14-,18-,19?,20+,23-/m0/s1. The second-order valence-electron chi connectivity index (χ2n) is 9.95. The maximum Gasteiger partial charge on any atom is 0.224 e. The van der Waals surface area contributed by atoms with Crippen LogP contribution in [0.2, 0.25) is 0 Å². The average molecular weight is 458 g/mol. The molecule has 1 aliphatic rings. The first-order valence-corrected chi connectivity index (χ1v) is 12.1. The number of carbonyl (C=O) groups is 2. The number of hydrogen-bond acceptors (Lipinski definition) is 6. The molecule has 1 fully saturated rings. The number of rotatable bonds is 7. The molecule has 0 radical (unpaired) electrons. The number of likely N-dealkylation sites (N-methyl/N-ethyl adjacent to an activating group) is 1. The Morgan fingerprint density at radius 2 is 1.78 bits per heavy atom. The fourth-order valence-corrected chi connectivity index (χ4v) is 5.55. The Hall–Kier alpha value is -2.09. The largest absolute Gasteiger partial charge is 0.393 e. The number of thiazole rings is 1. The summed E-state index contributed by atoms with van der Waals surface area (Å²) in [5.41, 5.74) is 4.68. The van der Waals surface area contributed by atoms with E-state index in [1.54, 1.807) is 18.4 Å². The summed E-state index contributed by atoms with van der Waals surface area (Å²) in [7, 11) is 1.77. The van der Waals surface area contributed by atoms with Gasteiger partial charge in [-0.25, -0.2) is 4.98 Å². The van der Waals surface area contributed by atoms with Gasteiger partial charge in [-0.05, 0) is 50.3 Å². The summed E-state index contributed by atoms with van der Waals surface area (Å²) in [6.07, 6.45) is 0.0242. The zero-order valence-corrected chi connectivity index (χ0v) is 20.6. The molecule has 6 nitrogen and oxygen atoms in total. The molecule has 7 heteroatoms. The third-order valence-electron chi connectivity index (χ3n) is 6.46. The minimum absolute atomic E-state index is 0.00799. The van der Waals surface area contributed by atoms with E-state index in [1.807, 2.05) is 64.4 Å². The molecule has 1 unspecified atom stereocenters. The van der Waals surface area contributed by atoms with E-state index < -0.39 is 17.9 Å². The van der Waals surface area contributed by atoms with Crippen LogP contribution in [0, 0.1) is 24.2 Å². The van der Waals surface area contributed by atoms with Gasteiger partial charge in [-0.15, -0.1) is 11.3 Å². The van der Waals surface area contributed by atoms with E-state index in [4.69, 9.17) is 0 Å². The minimum Gasteiger partial charge on any atom is -0.393 e. The monoisotopic (exact) mass is 457 g/mol. The van der Waals surface area contributed by atoms with Gasteiger partial charge in [0.15, 0.2) is 5.78 Å². The predicted octanol–water partition coefficient (Wildman–Crippen LogP) is 3.89. The van der Waals surface area contributed by atoms with E-state index >= 15 is 0 Å². The number of benzene rings is 1. The van der Waals surface area contributed by atoms with Crippen molar-refractivity contribution >= 4 is 23.0 Å². The third-order valence-corrected chi connectivity index (χ3v) is 7.43. The zero-order valence-electron chi connectivity index (χ0n) is 19.8. The van der Waals surface area contributed by atoms with Crippen LogP contribution < -0.4 is 10.6 Å². The second kappa shape index (κ2) is 9.81. The summed E-state index contributed by atoms with van der Waals surface area (Å²) < 4.78 is 0. The van der Waals surface area contributed by atoms with Gasteiger partial charge >= 0.3 is 0 Å². The number of amides is 1. The van der Waals surface area contributed by atoms with Gasteiger partial charge in [-0.2, -0.15) is 0 Å². The van der Waals surface area contributed by atoms with Gasteiger partial charge in [0.05, 0.1) is 40.2 Å². The Morgan fingerprint density at radius 1 is 1.16 bits per heavy atom. The van der Waals surface area contributed by atoms with Gasteiger partial charge < -0.3 is 15.7 Å². The smallest absolute Gasteiger partial charge is 0.224 e.